The summed E-state index contributed by atoms with van der Waals surface area (Å²) in [5, 5.41) is 3.35. The number of carbonyl (C=O) groups excluding carboxylic acids is 1. The molecule has 0 saturated carbocycles. The number of ether oxygens (including phenoxy) is 2. The summed E-state index contributed by atoms with van der Waals surface area (Å²) in [7, 11) is 3.04. The number of hydrogen-bond acceptors (Lipinski definition) is 7. The number of fused-ring (bicyclic) bond motifs is 3. The number of nitrogens with one attached hydrogen (secondary N) is 2. The quantitative estimate of drug-likeness (QED) is 0.580. The van der Waals surface area contributed by atoms with Crippen molar-refractivity contribution in [2.45, 2.75) is 12.8 Å². The predicted octanol–water partition coefficient (Wildman–Crippen LogP) is 2.41. The third-order valence-corrected chi connectivity index (χ3v) is 6.52. The van der Waals surface area contributed by atoms with Gasteiger partial charge in [-0.15, -0.1) is 0 Å². The largest absolute Gasteiger partial charge is 0.493 e. The van der Waals surface area contributed by atoms with Gasteiger partial charge in [-0.25, -0.2) is 0 Å². The van der Waals surface area contributed by atoms with E-state index < -0.39 is 0 Å². The van der Waals surface area contributed by atoms with E-state index in [1.807, 2.05) is 0 Å². The van der Waals surface area contributed by atoms with Gasteiger partial charge in [-0.05, 0) is 44.2 Å². The maximum absolute atomic E-state index is 12.8. The van der Waals surface area contributed by atoms with Crippen LogP contribution < -0.4 is 20.3 Å². The molecule has 2 aromatic heterocycles. The van der Waals surface area contributed by atoms with E-state index in [2.05, 4.69) is 15.2 Å². The number of amides is 1. The zero-order valence-electron chi connectivity index (χ0n) is 16.2. The van der Waals surface area contributed by atoms with Crippen LogP contribution in [0.25, 0.3) is 16.6 Å². The summed E-state index contributed by atoms with van der Waals surface area (Å²) in [6.07, 6.45) is 2.42. The van der Waals surface area contributed by atoms with Gasteiger partial charge >= 0.3 is 0 Å². The number of carbonyl (C=O) groups is 1. The fraction of sp³-hybridized carbons (Fsp3) is 0.421. The van der Waals surface area contributed by atoms with E-state index in [0.717, 1.165) is 19.6 Å². The number of thiazole rings is 1. The van der Waals surface area contributed by atoms with E-state index in [1.165, 1.54) is 38.4 Å². The fourth-order valence-electron chi connectivity index (χ4n) is 3.68. The standard InChI is InChI=1S/C19H22N4O4S2/c1-26-13-9-11-12(10-14(13)27-2)23-16(21-17(11)24)15(29-19(23)28)18(25)20-5-8-22-6-3-4-7-22/h9-10H,3-8H2,1-2H3,(H,20,25)(H,21,24). The Hall–Kier alpha value is -2.43. The van der Waals surface area contributed by atoms with Crippen molar-refractivity contribution in [3.63, 3.8) is 0 Å². The summed E-state index contributed by atoms with van der Waals surface area (Å²) in [5.41, 5.74) is 0.641. The average molecular weight is 435 g/mol. The lowest BCUT2D eigenvalue weighted by molar-refractivity contribution is 0.0955. The molecule has 154 valence electrons. The van der Waals surface area contributed by atoms with Gasteiger partial charge in [0.25, 0.3) is 11.5 Å². The van der Waals surface area contributed by atoms with Gasteiger partial charge in [0.1, 0.15) is 10.5 Å². The molecule has 0 aliphatic carbocycles. The number of methoxy groups -OCH3 is 2. The van der Waals surface area contributed by atoms with Gasteiger partial charge in [-0.2, -0.15) is 0 Å². The van der Waals surface area contributed by atoms with Crippen molar-refractivity contribution in [3.8, 4) is 11.5 Å². The SMILES string of the molecule is COc1cc2c(=O)[nH]c3c(C(=O)NCCN4CCCC4)sc(=S)n3c2cc1OC. The molecule has 3 heterocycles. The molecule has 2 N–H and O–H groups in total. The average Bonchev–Trinajstić information content (AvgIpc) is 3.35. The molecule has 1 saturated heterocycles. The minimum absolute atomic E-state index is 0.238. The van der Waals surface area contributed by atoms with Crippen LogP contribution in [-0.2, 0) is 0 Å². The second-order valence-electron chi connectivity index (χ2n) is 6.86. The molecule has 1 aliphatic rings. The lowest BCUT2D eigenvalue weighted by Crippen LogP contribution is -2.33. The highest BCUT2D eigenvalue weighted by atomic mass is 32.1. The molecule has 1 aliphatic heterocycles. The van der Waals surface area contributed by atoms with Gasteiger partial charge in [-0.1, -0.05) is 11.3 Å². The van der Waals surface area contributed by atoms with E-state index in [0.29, 0.717) is 43.4 Å². The lowest BCUT2D eigenvalue weighted by atomic mass is 10.2. The summed E-state index contributed by atoms with van der Waals surface area (Å²) in [4.78, 5) is 31.0. The number of aromatic nitrogens is 2. The number of nitrogens with zero attached hydrogens (tertiary/aromatic N) is 2. The smallest absolute Gasteiger partial charge is 0.265 e. The van der Waals surface area contributed by atoms with E-state index in [-0.39, 0.29) is 11.5 Å². The van der Waals surface area contributed by atoms with Crippen LogP contribution in [0, 0.1) is 3.95 Å². The first-order valence-corrected chi connectivity index (χ1v) is 10.6. The molecule has 1 aromatic carbocycles. The van der Waals surface area contributed by atoms with Crippen LogP contribution in [0.5, 0.6) is 11.5 Å². The first kappa shape index (κ1) is 19.9. The van der Waals surface area contributed by atoms with Crippen LogP contribution in [0.2, 0.25) is 0 Å². The first-order valence-electron chi connectivity index (χ1n) is 9.37. The van der Waals surface area contributed by atoms with Crippen molar-refractivity contribution >= 4 is 46.0 Å². The number of aromatic amines is 1. The van der Waals surface area contributed by atoms with Crippen molar-refractivity contribution in [1.82, 2.24) is 19.6 Å². The normalized spacial score (nSPS) is 14.6. The Morgan fingerprint density at radius 3 is 2.62 bits per heavy atom. The molecule has 1 amide bonds. The van der Waals surface area contributed by atoms with E-state index >= 15 is 0 Å². The van der Waals surface area contributed by atoms with Crippen LogP contribution >= 0.6 is 23.6 Å². The van der Waals surface area contributed by atoms with Crippen molar-refractivity contribution in [3.05, 3.63) is 31.3 Å². The highest BCUT2D eigenvalue weighted by Crippen LogP contribution is 2.32. The number of likely N-dealkylation sites (tertiary alicyclic amines) is 1. The molecule has 4 rings (SSSR count). The summed E-state index contributed by atoms with van der Waals surface area (Å²) in [6.45, 7) is 3.53. The maximum atomic E-state index is 12.8. The molecule has 1 fully saturated rings. The van der Waals surface area contributed by atoms with Gasteiger partial charge < -0.3 is 24.7 Å². The van der Waals surface area contributed by atoms with Crippen molar-refractivity contribution in [2.24, 2.45) is 0 Å². The van der Waals surface area contributed by atoms with Gasteiger partial charge in [-0.3, -0.25) is 14.0 Å². The fourth-order valence-corrected chi connectivity index (χ4v) is 4.98. The molecule has 0 radical (unpaired) electrons. The predicted molar refractivity (Wildman–Crippen MR) is 115 cm³/mol. The Bertz CT molecular complexity index is 1190. The Morgan fingerprint density at radius 2 is 1.93 bits per heavy atom. The van der Waals surface area contributed by atoms with Crippen LogP contribution in [0.4, 0.5) is 0 Å². The Morgan fingerprint density at radius 1 is 1.24 bits per heavy atom. The number of benzene rings is 1. The first-order chi connectivity index (χ1) is 14.0. The summed E-state index contributed by atoms with van der Waals surface area (Å²) in [6, 6.07) is 3.32. The van der Waals surface area contributed by atoms with Crippen LogP contribution in [0.1, 0.15) is 22.5 Å². The molecule has 0 spiro atoms. The van der Waals surface area contributed by atoms with Crippen molar-refractivity contribution < 1.29 is 14.3 Å². The van der Waals surface area contributed by atoms with Crippen LogP contribution in [-0.4, -0.2) is 60.6 Å². The Labute approximate surface area is 176 Å². The highest BCUT2D eigenvalue weighted by molar-refractivity contribution is 7.73. The summed E-state index contributed by atoms with van der Waals surface area (Å²) < 4.78 is 12.8. The number of hydrogen-bond donors (Lipinski definition) is 2. The highest BCUT2D eigenvalue weighted by Gasteiger charge is 2.20. The van der Waals surface area contributed by atoms with Crippen LogP contribution in [0.15, 0.2) is 16.9 Å². The van der Waals surface area contributed by atoms with Crippen molar-refractivity contribution in [2.75, 3.05) is 40.4 Å². The van der Waals surface area contributed by atoms with E-state index in [9.17, 15) is 9.59 Å². The minimum atomic E-state index is -0.320. The topological polar surface area (TPSA) is 88.1 Å². The molecule has 29 heavy (non-hydrogen) atoms. The van der Waals surface area contributed by atoms with Gasteiger partial charge in [0.2, 0.25) is 0 Å². The second-order valence-corrected chi connectivity index (χ2v) is 8.51. The van der Waals surface area contributed by atoms with E-state index in [1.54, 1.807) is 16.5 Å². The second kappa shape index (κ2) is 8.13. The van der Waals surface area contributed by atoms with Gasteiger partial charge in [0.15, 0.2) is 15.5 Å². The molecule has 10 heteroatoms. The summed E-state index contributed by atoms with van der Waals surface area (Å²) >= 11 is 6.68. The van der Waals surface area contributed by atoms with Gasteiger partial charge in [0.05, 0.1) is 25.1 Å². The molecule has 0 bridgehead atoms. The lowest BCUT2D eigenvalue weighted by Gasteiger charge is -2.14. The van der Waals surface area contributed by atoms with Crippen molar-refractivity contribution in [1.29, 1.82) is 0 Å². The molecule has 0 unspecified atom stereocenters. The maximum Gasteiger partial charge on any atom is 0.265 e. The molecular weight excluding hydrogens is 412 g/mol. The number of rotatable bonds is 6. The third kappa shape index (κ3) is 3.63. The van der Waals surface area contributed by atoms with Crippen LogP contribution in [0.3, 0.4) is 0 Å². The monoisotopic (exact) mass is 434 g/mol. The molecule has 0 atom stereocenters. The third-order valence-electron chi connectivity index (χ3n) is 5.15. The zero-order valence-corrected chi connectivity index (χ0v) is 17.9. The summed E-state index contributed by atoms with van der Waals surface area (Å²) in [5.74, 6) is 0.696. The number of H-pyrrole nitrogens is 1. The molecule has 8 nitrogen and oxygen atoms in total. The zero-order chi connectivity index (χ0) is 20.5. The molecular formula is C19H22N4O4S2. The van der Waals surface area contributed by atoms with Gasteiger partial charge in [0, 0.05) is 19.2 Å². The molecule has 3 aromatic rings. The Kier molecular flexibility index (Phi) is 5.57. The minimum Gasteiger partial charge on any atom is -0.493 e. The van der Waals surface area contributed by atoms with E-state index in [4.69, 9.17) is 21.7 Å². The Balaban J connectivity index is 1.73.